The third-order valence-electron chi connectivity index (χ3n) is 6.68. The molecule has 196 valence electrons. The van der Waals surface area contributed by atoms with Crippen LogP contribution in [-0.4, -0.2) is 50.0 Å². The van der Waals surface area contributed by atoms with Crippen LogP contribution in [0.5, 0.6) is 0 Å². The van der Waals surface area contributed by atoms with Gasteiger partial charge in [0.05, 0.1) is 11.9 Å². The molecule has 2 aromatic rings. The van der Waals surface area contributed by atoms with Gasteiger partial charge in [0, 0.05) is 17.6 Å². The Bertz CT molecular complexity index is 1200. The molecule has 1 saturated carbocycles. The van der Waals surface area contributed by atoms with Crippen LogP contribution in [0.2, 0.25) is 5.02 Å². The summed E-state index contributed by atoms with van der Waals surface area (Å²) in [6.07, 6.45) is 6.24. The van der Waals surface area contributed by atoms with Gasteiger partial charge in [-0.2, -0.15) is 0 Å². The van der Waals surface area contributed by atoms with Gasteiger partial charge < -0.3 is 10.2 Å². The number of carbonyl (C=O) groups is 2. The third kappa shape index (κ3) is 7.46. The molecule has 2 aromatic carbocycles. The molecular weight excluding hydrogens is 498 g/mol. The fraction of sp³-hybridized carbons (Fsp3) is 0.481. The Morgan fingerprint density at radius 3 is 2.39 bits per heavy atom. The van der Waals surface area contributed by atoms with Crippen LogP contribution < -0.4 is 9.62 Å². The van der Waals surface area contributed by atoms with Crippen molar-refractivity contribution in [2.24, 2.45) is 0 Å². The molecule has 1 fully saturated rings. The zero-order valence-corrected chi connectivity index (χ0v) is 23.0. The van der Waals surface area contributed by atoms with Crippen molar-refractivity contribution in [3.05, 3.63) is 64.2 Å². The summed E-state index contributed by atoms with van der Waals surface area (Å²) in [4.78, 5) is 28.3. The maximum atomic E-state index is 13.7. The molecule has 0 spiro atoms. The lowest BCUT2D eigenvalue weighted by Gasteiger charge is -2.33. The zero-order valence-electron chi connectivity index (χ0n) is 21.5. The highest BCUT2D eigenvalue weighted by Gasteiger charge is 2.31. The SMILES string of the molecule is Cc1cccc(CN(C(=O)CN(c2ccc(C)c(Cl)c2)S(C)(=O)=O)[C@@H](C)C(=O)NC2CCCCC2)c1. The molecular formula is C27H36ClN3O4S. The van der Waals surface area contributed by atoms with Crippen molar-refractivity contribution in [3.8, 4) is 0 Å². The molecule has 7 nitrogen and oxygen atoms in total. The van der Waals surface area contributed by atoms with E-state index in [9.17, 15) is 18.0 Å². The molecule has 0 bridgehead atoms. The lowest BCUT2D eigenvalue weighted by atomic mass is 9.95. The number of halogens is 1. The van der Waals surface area contributed by atoms with E-state index in [1.165, 1.54) is 17.4 Å². The van der Waals surface area contributed by atoms with Crippen LogP contribution >= 0.6 is 11.6 Å². The van der Waals surface area contributed by atoms with E-state index in [0.717, 1.165) is 52.9 Å². The molecule has 0 radical (unpaired) electrons. The number of hydrogen-bond donors (Lipinski definition) is 1. The number of benzene rings is 2. The van der Waals surface area contributed by atoms with E-state index in [-0.39, 0.29) is 18.5 Å². The molecule has 1 N–H and O–H groups in total. The number of rotatable bonds is 9. The van der Waals surface area contributed by atoms with Crippen molar-refractivity contribution in [3.63, 3.8) is 0 Å². The van der Waals surface area contributed by atoms with Crippen molar-refractivity contribution in [1.29, 1.82) is 0 Å². The smallest absolute Gasteiger partial charge is 0.244 e. The number of nitrogens with zero attached hydrogens (tertiary/aromatic N) is 2. The molecule has 3 rings (SSSR count). The predicted molar refractivity (Wildman–Crippen MR) is 145 cm³/mol. The van der Waals surface area contributed by atoms with E-state index < -0.39 is 28.5 Å². The van der Waals surface area contributed by atoms with Crippen molar-refractivity contribution >= 4 is 39.1 Å². The van der Waals surface area contributed by atoms with Crippen LogP contribution in [0.4, 0.5) is 5.69 Å². The van der Waals surface area contributed by atoms with Crippen molar-refractivity contribution in [2.45, 2.75) is 71.5 Å². The number of nitrogens with one attached hydrogen (secondary N) is 1. The average molecular weight is 534 g/mol. The van der Waals surface area contributed by atoms with Crippen LogP contribution in [0, 0.1) is 13.8 Å². The van der Waals surface area contributed by atoms with E-state index in [1.54, 1.807) is 19.1 Å². The number of aryl methyl sites for hydroxylation is 2. The van der Waals surface area contributed by atoms with Crippen LogP contribution in [0.25, 0.3) is 0 Å². The summed E-state index contributed by atoms with van der Waals surface area (Å²) in [6.45, 7) is 5.22. The topological polar surface area (TPSA) is 86.8 Å². The second kappa shape index (κ2) is 12.1. The predicted octanol–water partition coefficient (Wildman–Crippen LogP) is 4.59. The maximum Gasteiger partial charge on any atom is 0.244 e. The highest BCUT2D eigenvalue weighted by molar-refractivity contribution is 7.92. The Morgan fingerprint density at radius 2 is 1.78 bits per heavy atom. The summed E-state index contributed by atoms with van der Waals surface area (Å²) in [5.74, 6) is -0.697. The quantitative estimate of drug-likeness (QED) is 0.511. The second-order valence-electron chi connectivity index (χ2n) is 9.73. The first kappa shape index (κ1) is 28.0. The molecule has 0 heterocycles. The summed E-state index contributed by atoms with van der Waals surface area (Å²) in [6, 6.07) is 11.9. The summed E-state index contributed by atoms with van der Waals surface area (Å²) < 4.78 is 26.4. The first-order chi connectivity index (χ1) is 17.0. The third-order valence-corrected chi connectivity index (χ3v) is 8.22. The van der Waals surface area contributed by atoms with Crippen LogP contribution in [0.3, 0.4) is 0 Å². The Morgan fingerprint density at radius 1 is 1.08 bits per heavy atom. The normalized spacial score (nSPS) is 15.2. The molecule has 36 heavy (non-hydrogen) atoms. The Labute approximate surface area is 219 Å². The van der Waals surface area contributed by atoms with E-state index in [2.05, 4.69) is 5.32 Å². The van der Waals surface area contributed by atoms with Crippen LogP contribution in [0.15, 0.2) is 42.5 Å². The number of anilines is 1. The largest absolute Gasteiger partial charge is 0.352 e. The number of sulfonamides is 1. The van der Waals surface area contributed by atoms with Crippen molar-refractivity contribution in [2.75, 3.05) is 17.1 Å². The lowest BCUT2D eigenvalue weighted by molar-refractivity contribution is -0.139. The van der Waals surface area contributed by atoms with Gasteiger partial charge in [0.1, 0.15) is 12.6 Å². The fourth-order valence-corrected chi connectivity index (χ4v) is 5.53. The first-order valence-electron chi connectivity index (χ1n) is 12.3. The van der Waals surface area contributed by atoms with E-state index in [1.807, 2.05) is 38.1 Å². The van der Waals surface area contributed by atoms with E-state index in [0.29, 0.717) is 10.7 Å². The molecule has 0 unspecified atom stereocenters. The van der Waals surface area contributed by atoms with Crippen LogP contribution in [-0.2, 0) is 26.2 Å². The minimum Gasteiger partial charge on any atom is -0.352 e. The Balaban J connectivity index is 1.88. The molecule has 1 aliphatic rings. The lowest BCUT2D eigenvalue weighted by Crippen LogP contribution is -2.53. The highest BCUT2D eigenvalue weighted by atomic mass is 35.5. The summed E-state index contributed by atoms with van der Waals surface area (Å²) in [5.41, 5.74) is 3.00. The van der Waals surface area contributed by atoms with Gasteiger partial charge in [0.2, 0.25) is 21.8 Å². The molecule has 9 heteroatoms. The monoisotopic (exact) mass is 533 g/mol. The van der Waals surface area contributed by atoms with Gasteiger partial charge in [-0.25, -0.2) is 8.42 Å². The first-order valence-corrected chi connectivity index (χ1v) is 14.6. The van der Waals surface area contributed by atoms with Gasteiger partial charge >= 0.3 is 0 Å². The number of hydrogen-bond acceptors (Lipinski definition) is 4. The maximum absolute atomic E-state index is 13.7. The highest BCUT2D eigenvalue weighted by Crippen LogP contribution is 2.25. The van der Waals surface area contributed by atoms with Gasteiger partial charge in [0.15, 0.2) is 0 Å². The molecule has 1 aliphatic carbocycles. The van der Waals surface area contributed by atoms with Gasteiger partial charge in [-0.1, -0.05) is 66.8 Å². The summed E-state index contributed by atoms with van der Waals surface area (Å²) in [5, 5.41) is 3.51. The fourth-order valence-electron chi connectivity index (χ4n) is 4.51. The van der Waals surface area contributed by atoms with Crippen molar-refractivity contribution < 1.29 is 18.0 Å². The van der Waals surface area contributed by atoms with Gasteiger partial charge in [-0.05, 0) is 56.9 Å². The summed E-state index contributed by atoms with van der Waals surface area (Å²) in [7, 11) is -3.80. The minimum atomic E-state index is -3.80. The average Bonchev–Trinajstić information content (AvgIpc) is 2.82. The standard InChI is InChI=1S/C27H36ClN3O4S/c1-19-9-8-10-22(15-19)17-30(21(3)27(33)29-23-11-6-5-7-12-23)26(32)18-31(36(4,34)35)24-14-13-20(2)25(28)16-24/h8-10,13-16,21,23H,5-7,11-12,17-18H2,1-4H3,(H,29,33)/t21-/m0/s1. The Kier molecular flexibility index (Phi) is 9.41. The number of carbonyl (C=O) groups excluding carboxylic acids is 2. The zero-order chi connectivity index (χ0) is 26.5. The van der Waals surface area contributed by atoms with Gasteiger partial charge in [0.25, 0.3) is 0 Å². The molecule has 1 atom stereocenters. The van der Waals surface area contributed by atoms with Crippen molar-refractivity contribution in [1.82, 2.24) is 10.2 Å². The molecule has 0 aromatic heterocycles. The van der Waals surface area contributed by atoms with Gasteiger partial charge in [-0.15, -0.1) is 0 Å². The van der Waals surface area contributed by atoms with Gasteiger partial charge in [-0.3, -0.25) is 13.9 Å². The molecule has 0 saturated heterocycles. The van der Waals surface area contributed by atoms with E-state index >= 15 is 0 Å². The second-order valence-corrected chi connectivity index (χ2v) is 12.0. The minimum absolute atomic E-state index is 0.104. The Hall–Kier alpha value is -2.58. The number of amides is 2. The van der Waals surface area contributed by atoms with Crippen LogP contribution in [0.1, 0.15) is 55.7 Å². The van der Waals surface area contributed by atoms with E-state index in [4.69, 9.17) is 11.6 Å². The molecule has 2 amide bonds. The molecule has 0 aliphatic heterocycles. The summed E-state index contributed by atoms with van der Waals surface area (Å²) >= 11 is 6.24.